The van der Waals surface area contributed by atoms with Crippen LogP contribution in [0.4, 0.5) is 5.69 Å². The molecule has 0 atom stereocenters. The van der Waals surface area contributed by atoms with Crippen LogP contribution in [0.2, 0.25) is 0 Å². The molecule has 0 saturated heterocycles. The highest BCUT2D eigenvalue weighted by Gasteiger charge is 2.08. The Morgan fingerprint density at radius 1 is 0.931 bits per heavy atom. The molecule has 0 aliphatic carbocycles. The number of fused-ring (bicyclic) bond motifs is 1. The Kier molecular flexibility index (Phi) is 6.95. The number of ether oxygens (including phenoxy) is 1. The smallest absolute Gasteiger partial charge is 0.240 e. The van der Waals surface area contributed by atoms with Crippen LogP contribution in [0.15, 0.2) is 71.8 Å². The fourth-order valence-corrected chi connectivity index (χ4v) is 2.83. The zero-order valence-corrected chi connectivity index (χ0v) is 16.2. The fraction of sp³-hybridized carbons (Fsp3) is 0.174. The molecule has 3 aromatic rings. The second-order valence-corrected chi connectivity index (χ2v) is 6.37. The lowest BCUT2D eigenvalue weighted by atomic mass is 10.1. The molecule has 29 heavy (non-hydrogen) atoms. The SMILES string of the molecule is CCOc1ccc(/C=N\NC(=O)CCC(=O)Nc2cccc3ccccc23)cc1. The standard InChI is InChI=1S/C23H23N3O3/c1-2-29-19-12-10-17(11-13-19)16-24-26-23(28)15-14-22(27)25-21-9-5-7-18-6-3-4-8-20(18)21/h3-13,16H,2,14-15H2,1H3,(H,25,27)(H,26,28)/b24-16-. The number of nitrogens with one attached hydrogen (secondary N) is 2. The fourth-order valence-electron chi connectivity index (χ4n) is 2.83. The van der Waals surface area contributed by atoms with Gasteiger partial charge < -0.3 is 10.1 Å². The van der Waals surface area contributed by atoms with Gasteiger partial charge in [-0.25, -0.2) is 5.43 Å². The van der Waals surface area contributed by atoms with Gasteiger partial charge >= 0.3 is 0 Å². The Labute approximate surface area is 169 Å². The number of carbonyl (C=O) groups is 2. The predicted octanol–water partition coefficient (Wildman–Crippen LogP) is 4.11. The van der Waals surface area contributed by atoms with E-state index in [1.165, 1.54) is 0 Å². The summed E-state index contributed by atoms with van der Waals surface area (Å²) in [7, 11) is 0. The molecule has 6 nitrogen and oxygen atoms in total. The monoisotopic (exact) mass is 389 g/mol. The molecule has 0 aromatic heterocycles. The van der Waals surface area contributed by atoms with E-state index >= 15 is 0 Å². The third-order valence-corrected chi connectivity index (χ3v) is 4.24. The first kappa shape index (κ1) is 20.1. The van der Waals surface area contributed by atoms with Gasteiger partial charge in [0.05, 0.1) is 12.8 Å². The third-order valence-electron chi connectivity index (χ3n) is 4.24. The van der Waals surface area contributed by atoms with Gasteiger partial charge in [0.2, 0.25) is 11.8 Å². The number of rotatable bonds is 8. The summed E-state index contributed by atoms with van der Waals surface area (Å²) in [5.74, 6) is 0.248. The minimum Gasteiger partial charge on any atom is -0.494 e. The van der Waals surface area contributed by atoms with E-state index < -0.39 is 0 Å². The second-order valence-electron chi connectivity index (χ2n) is 6.37. The van der Waals surface area contributed by atoms with Crippen molar-refractivity contribution in [1.82, 2.24) is 5.43 Å². The van der Waals surface area contributed by atoms with Crippen LogP contribution in [0.5, 0.6) is 5.75 Å². The number of hydrogen-bond donors (Lipinski definition) is 2. The molecule has 2 amide bonds. The molecule has 3 aromatic carbocycles. The van der Waals surface area contributed by atoms with Crippen LogP contribution in [0, 0.1) is 0 Å². The largest absolute Gasteiger partial charge is 0.494 e. The van der Waals surface area contributed by atoms with Crippen LogP contribution in [-0.2, 0) is 9.59 Å². The van der Waals surface area contributed by atoms with Crippen molar-refractivity contribution < 1.29 is 14.3 Å². The molecule has 0 fully saturated rings. The van der Waals surface area contributed by atoms with E-state index in [4.69, 9.17) is 4.74 Å². The molecule has 0 radical (unpaired) electrons. The predicted molar refractivity (Wildman–Crippen MR) is 115 cm³/mol. The molecule has 0 aliphatic heterocycles. The summed E-state index contributed by atoms with van der Waals surface area (Å²) >= 11 is 0. The molecule has 0 bridgehead atoms. The number of hydrazone groups is 1. The lowest BCUT2D eigenvalue weighted by molar-refractivity contribution is -0.124. The van der Waals surface area contributed by atoms with Gasteiger partial charge in [-0.3, -0.25) is 9.59 Å². The number of carbonyl (C=O) groups excluding carboxylic acids is 2. The Hall–Kier alpha value is -3.67. The average Bonchev–Trinajstić information content (AvgIpc) is 2.74. The van der Waals surface area contributed by atoms with E-state index in [1.807, 2.05) is 73.7 Å². The normalized spacial score (nSPS) is 10.8. The summed E-state index contributed by atoms with van der Waals surface area (Å²) in [6.45, 7) is 2.53. The van der Waals surface area contributed by atoms with Crippen molar-refractivity contribution in [2.45, 2.75) is 19.8 Å². The molecule has 0 unspecified atom stereocenters. The van der Waals surface area contributed by atoms with E-state index in [-0.39, 0.29) is 24.7 Å². The number of benzene rings is 3. The van der Waals surface area contributed by atoms with Crippen LogP contribution in [-0.4, -0.2) is 24.6 Å². The van der Waals surface area contributed by atoms with E-state index in [0.717, 1.165) is 27.8 Å². The zero-order chi connectivity index (χ0) is 20.5. The molecule has 0 heterocycles. The van der Waals surface area contributed by atoms with Crippen LogP contribution in [0.1, 0.15) is 25.3 Å². The van der Waals surface area contributed by atoms with Gasteiger partial charge in [-0.2, -0.15) is 5.10 Å². The van der Waals surface area contributed by atoms with Gasteiger partial charge in [0.1, 0.15) is 5.75 Å². The Balaban J connectivity index is 1.45. The molecular formula is C23H23N3O3. The van der Waals surface area contributed by atoms with Gasteiger partial charge in [-0.15, -0.1) is 0 Å². The minimum atomic E-state index is -0.319. The Morgan fingerprint density at radius 2 is 1.66 bits per heavy atom. The van der Waals surface area contributed by atoms with Crippen LogP contribution in [0.25, 0.3) is 10.8 Å². The molecule has 0 aliphatic rings. The quantitative estimate of drug-likeness (QED) is 0.449. The summed E-state index contributed by atoms with van der Waals surface area (Å²) in [5.41, 5.74) is 4.01. The first-order chi connectivity index (χ1) is 14.2. The minimum absolute atomic E-state index is 0.0528. The number of nitrogens with zero attached hydrogens (tertiary/aromatic N) is 1. The van der Waals surface area contributed by atoms with Gasteiger partial charge in [-0.05, 0) is 48.2 Å². The first-order valence-electron chi connectivity index (χ1n) is 9.48. The van der Waals surface area contributed by atoms with Gasteiger partial charge in [0.15, 0.2) is 0 Å². The van der Waals surface area contributed by atoms with E-state index in [1.54, 1.807) is 6.21 Å². The molecule has 3 rings (SSSR count). The molecule has 2 N–H and O–H groups in total. The van der Waals surface area contributed by atoms with Crippen molar-refractivity contribution in [2.24, 2.45) is 5.10 Å². The lowest BCUT2D eigenvalue weighted by Gasteiger charge is -2.08. The van der Waals surface area contributed by atoms with Crippen LogP contribution < -0.4 is 15.5 Å². The van der Waals surface area contributed by atoms with Crippen molar-refractivity contribution in [1.29, 1.82) is 0 Å². The molecule has 0 saturated carbocycles. The second kappa shape index (κ2) is 10.0. The number of anilines is 1. The van der Waals surface area contributed by atoms with Gasteiger partial charge in [0, 0.05) is 23.9 Å². The summed E-state index contributed by atoms with van der Waals surface area (Å²) < 4.78 is 5.37. The maximum absolute atomic E-state index is 12.2. The van der Waals surface area contributed by atoms with Crippen LogP contribution in [0.3, 0.4) is 0 Å². The zero-order valence-electron chi connectivity index (χ0n) is 16.2. The van der Waals surface area contributed by atoms with Gasteiger partial charge in [-0.1, -0.05) is 36.4 Å². The highest BCUT2D eigenvalue weighted by atomic mass is 16.5. The van der Waals surface area contributed by atoms with Crippen molar-refractivity contribution in [3.05, 3.63) is 72.3 Å². The van der Waals surface area contributed by atoms with Crippen molar-refractivity contribution >= 4 is 34.5 Å². The Morgan fingerprint density at radius 3 is 2.45 bits per heavy atom. The van der Waals surface area contributed by atoms with Crippen molar-refractivity contribution in [3.8, 4) is 5.75 Å². The highest BCUT2D eigenvalue weighted by molar-refractivity contribution is 6.02. The van der Waals surface area contributed by atoms with E-state index in [0.29, 0.717) is 6.61 Å². The van der Waals surface area contributed by atoms with Gasteiger partial charge in [0.25, 0.3) is 0 Å². The maximum Gasteiger partial charge on any atom is 0.240 e. The summed E-state index contributed by atoms with van der Waals surface area (Å²) in [4.78, 5) is 24.1. The average molecular weight is 389 g/mol. The van der Waals surface area contributed by atoms with E-state index in [9.17, 15) is 9.59 Å². The third kappa shape index (κ3) is 5.90. The molecule has 6 heteroatoms. The summed E-state index contributed by atoms with van der Waals surface area (Å²) in [6.07, 6.45) is 1.68. The summed E-state index contributed by atoms with van der Waals surface area (Å²) in [6, 6.07) is 20.9. The number of hydrogen-bond acceptors (Lipinski definition) is 4. The molecule has 148 valence electrons. The molecule has 0 spiro atoms. The van der Waals surface area contributed by atoms with Crippen molar-refractivity contribution in [2.75, 3.05) is 11.9 Å². The topological polar surface area (TPSA) is 79.8 Å². The molecular weight excluding hydrogens is 366 g/mol. The van der Waals surface area contributed by atoms with Crippen LogP contribution >= 0.6 is 0 Å². The highest BCUT2D eigenvalue weighted by Crippen LogP contribution is 2.23. The maximum atomic E-state index is 12.2. The first-order valence-corrected chi connectivity index (χ1v) is 9.48. The summed E-state index contributed by atoms with van der Waals surface area (Å²) in [5, 5.41) is 8.80. The Bertz CT molecular complexity index is 1010. The van der Waals surface area contributed by atoms with Crippen molar-refractivity contribution in [3.63, 3.8) is 0 Å². The number of amides is 2. The lowest BCUT2D eigenvalue weighted by Crippen LogP contribution is -2.20. The van der Waals surface area contributed by atoms with E-state index in [2.05, 4.69) is 15.8 Å².